The van der Waals surface area contributed by atoms with E-state index in [1.54, 1.807) is 6.92 Å². The van der Waals surface area contributed by atoms with E-state index in [4.69, 9.17) is 14.1 Å². The van der Waals surface area contributed by atoms with Crippen molar-refractivity contribution < 1.29 is 13.9 Å². The number of anilines is 1. The summed E-state index contributed by atoms with van der Waals surface area (Å²) in [6.45, 7) is 4.81. The average Bonchev–Trinajstić information content (AvgIpc) is 3.02. The van der Waals surface area contributed by atoms with Crippen molar-refractivity contribution in [3.63, 3.8) is 0 Å². The molecule has 0 atom stereocenters. The second kappa shape index (κ2) is 6.29. The Kier molecular flexibility index (Phi) is 3.97. The predicted molar refractivity (Wildman–Crippen MR) is 93.7 cm³/mol. The van der Waals surface area contributed by atoms with E-state index in [0.29, 0.717) is 31.2 Å². The van der Waals surface area contributed by atoms with E-state index < -0.39 is 0 Å². The number of nitrogens with zero attached hydrogens (tertiary/aromatic N) is 2. The first-order valence-corrected chi connectivity index (χ1v) is 8.43. The van der Waals surface area contributed by atoms with Gasteiger partial charge in [-0.1, -0.05) is 25.1 Å². The normalized spacial score (nSPS) is 13.7. The lowest BCUT2D eigenvalue weighted by atomic mass is 10.0. The Labute approximate surface area is 145 Å². The summed E-state index contributed by atoms with van der Waals surface area (Å²) in [4.78, 5) is 21.8. The number of carbonyl (C=O) groups is 1. The molecule has 0 unspecified atom stereocenters. The van der Waals surface area contributed by atoms with Gasteiger partial charge in [0, 0.05) is 23.8 Å². The van der Waals surface area contributed by atoms with Crippen LogP contribution < -0.4 is 5.32 Å². The fourth-order valence-corrected chi connectivity index (χ4v) is 3.13. The number of benzene rings is 1. The Bertz CT molecular complexity index is 962. The van der Waals surface area contributed by atoms with Gasteiger partial charge < -0.3 is 14.5 Å². The number of fused-ring (bicyclic) bond motifs is 2. The molecule has 0 saturated heterocycles. The van der Waals surface area contributed by atoms with Crippen LogP contribution in [0.15, 0.2) is 28.7 Å². The fourth-order valence-electron chi connectivity index (χ4n) is 3.13. The molecular formula is C19H19N3O3. The molecule has 3 aromatic rings. The highest BCUT2D eigenvalue weighted by Crippen LogP contribution is 2.32. The maximum atomic E-state index is 12.8. The minimum absolute atomic E-state index is 0.253. The smallest absolute Gasteiger partial charge is 0.293 e. The van der Waals surface area contributed by atoms with Crippen molar-refractivity contribution in [2.45, 2.75) is 33.3 Å². The highest BCUT2D eigenvalue weighted by Gasteiger charge is 2.23. The molecule has 1 aliphatic heterocycles. The number of aromatic nitrogens is 2. The summed E-state index contributed by atoms with van der Waals surface area (Å²) in [5.74, 6) is 0.518. The molecule has 6 nitrogen and oxygen atoms in total. The van der Waals surface area contributed by atoms with Gasteiger partial charge in [0.1, 0.15) is 0 Å². The Morgan fingerprint density at radius 2 is 2.12 bits per heavy atom. The Morgan fingerprint density at radius 3 is 2.92 bits per heavy atom. The number of amides is 1. The summed E-state index contributed by atoms with van der Waals surface area (Å²) in [6, 6.07) is 7.79. The number of para-hydroxylation sites is 1. The summed E-state index contributed by atoms with van der Waals surface area (Å²) in [7, 11) is 0. The summed E-state index contributed by atoms with van der Waals surface area (Å²) in [5.41, 5.74) is 4.12. The van der Waals surface area contributed by atoms with Crippen molar-refractivity contribution in [1.82, 2.24) is 9.97 Å². The van der Waals surface area contributed by atoms with Gasteiger partial charge in [-0.05, 0) is 13.0 Å². The third-order valence-electron chi connectivity index (χ3n) is 4.40. The number of oxazole rings is 1. The van der Waals surface area contributed by atoms with Crippen molar-refractivity contribution in [1.29, 1.82) is 0 Å². The van der Waals surface area contributed by atoms with Gasteiger partial charge in [0.2, 0.25) is 5.76 Å². The van der Waals surface area contributed by atoms with Crippen LogP contribution in [0.5, 0.6) is 0 Å². The third-order valence-corrected chi connectivity index (χ3v) is 4.40. The molecule has 0 saturated carbocycles. The maximum Gasteiger partial charge on any atom is 0.293 e. The van der Waals surface area contributed by atoms with Crippen molar-refractivity contribution in [3.05, 3.63) is 52.9 Å². The van der Waals surface area contributed by atoms with Crippen molar-refractivity contribution in [3.8, 4) is 0 Å². The first kappa shape index (κ1) is 15.8. The molecule has 0 bridgehead atoms. The summed E-state index contributed by atoms with van der Waals surface area (Å²) in [6.07, 6.45) is 1.39. The number of carbonyl (C=O) groups excluding carboxylic acids is 1. The summed E-state index contributed by atoms with van der Waals surface area (Å²) < 4.78 is 11.2. The highest BCUT2D eigenvalue weighted by atomic mass is 16.5. The van der Waals surface area contributed by atoms with Crippen LogP contribution >= 0.6 is 0 Å². The molecule has 2 aromatic heterocycles. The van der Waals surface area contributed by atoms with Crippen molar-refractivity contribution >= 4 is 22.5 Å². The van der Waals surface area contributed by atoms with Gasteiger partial charge in [-0.3, -0.25) is 9.78 Å². The lowest BCUT2D eigenvalue weighted by Gasteiger charge is -2.21. The lowest BCUT2D eigenvalue weighted by molar-refractivity contribution is 0.0991. The molecule has 1 aromatic carbocycles. The molecule has 1 N–H and O–H groups in total. The van der Waals surface area contributed by atoms with E-state index in [9.17, 15) is 4.79 Å². The van der Waals surface area contributed by atoms with Gasteiger partial charge in [-0.25, -0.2) is 4.98 Å². The monoisotopic (exact) mass is 337 g/mol. The van der Waals surface area contributed by atoms with E-state index in [1.807, 2.05) is 31.2 Å². The minimum Gasteiger partial charge on any atom is -0.435 e. The standard InChI is InChI=1S/C19H19N3O3/c1-3-16-20-11(2)18(25-16)19(23)22-17-12-6-4-5-7-14(12)21-15-8-9-24-10-13(15)17/h4-7H,3,8-10H2,1-2H3,(H,21,22,23). The topological polar surface area (TPSA) is 77.2 Å². The Hall–Kier alpha value is -2.73. The molecule has 3 heterocycles. The molecule has 128 valence electrons. The fraction of sp³-hybridized carbons (Fsp3) is 0.316. The number of pyridine rings is 1. The third kappa shape index (κ3) is 2.78. The second-order valence-electron chi connectivity index (χ2n) is 6.06. The van der Waals surface area contributed by atoms with E-state index in [-0.39, 0.29) is 11.7 Å². The van der Waals surface area contributed by atoms with Crippen LogP contribution in [0.25, 0.3) is 10.9 Å². The van der Waals surface area contributed by atoms with E-state index in [0.717, 1.165) is 34.3 Å². The number of hydrogen-bond donors (Lipinski definition) is 1. The van der Waals surface area contributed by atoms with Crippen LogP contribution in [0.2, 0.25) is 0 Å². The average molecular weight is 337 g/mol. The second-order valence-corrected chi connectivity index (χ2v) is 6.06. The molecule has 0 radical (unpaired) electrons. The number of ether oxygens (including phenoxy) is 1. The van der Waals surface area contributed by atoms with Crippen LogP contribution in [-0.2, 0) is 24.2 Å². The van der Waals surface area contributed by atoms with Gasteiger partial charge in [0.15, 0.2) is 5.89 Å². The highest BCUT2D eigenvalue weighted by molar-refractivity contribution is 6.08. The zero-order valence-electron chi connectivity index (χ0n) is 14.3. The zero-order chi connectivity index (χ0) is 17.4. The van der Waals surface area contributed by atoms with Crippen LogP contribution in [0.3, 0.4) is 0 Å². The van der Waals surface area contributed by atoms with Gasteiger partial charge in [0.25, 0.3) is 5.91 Å². The maximum absolute atomic E-state index is 12.8. The minimum atomic E-state index is -0.297. The molecule has 4 rings (SSSR count). The van der Waals surface area contributed by atoms with Crippen LogP contribution in [0.4, 0.5) is 5.69 Å². The molecule has 0 aliphatic carbocycles. The number of aryl methyl sites for hydroxylation is 2. The zero-order valence-corrected chi connectivity index (χ0v) is 14.3. The van der Waals surface area contributed by atoms with E-state index in [1.165, 1.54) is 0 Å². The largest absolute Gasteiger partial charge is 0.435 e. The van der Waals surface area contributed by atoms with Gasteiger partial charge in [0.05, 0.1) is 35.8 Å². The first-order valence-electron chi connectivity index (χ1n) is 8.43. The molecule has 0 fully saturated rings. The van der Waals surface area contributed by atoms with Crippen LogP contribution in [-0.4, -0.2) is 22.5 Å². The molecule has 1 amide bonds. The number of hydrogen-bond acceptors (Lipinski definition) is 5. The van der Waals surface area contributed by atoms with Crippen LogP contribution in [0.1, 0.15) is 40.3 Å². The Morgan fingerprint density at radius 1 is 1.28 bits per heavy atom. The molecule has 25 heavy (non-hydrogen) atoms. The van der Waals surface area contributed by atoms with E-state index in [2.05, 4.69) is 10.3 Å². The number of rotatable bonds is 3. The van der Waals surface area contributed by atoms with Crippen molar-refractivity contribution in [2.24, 2.45) is 0 Å². The van der Waals surface area contributed by atoms with E-state index >= 15 is 0 Å². The van der Waals surface area contributed by atoms with Crippen LogP contribution in [0, 0.1) is 6.92 Å². The summed E-state index contributed by atoms with van der Waals surface area (Å²) >= 11 is 0. The first-order chi connectivity index (χ1) is 12.2. The molecule has 1 aliphatic rings. The van der Waals surface area contributed by atoms with Gasteiger partial charge in [-0.15, -0.1) is 0 Å². The molecule has 6 heteroatoms. The molecular weight excluding hydrogens is 318 g/mol. The SMILES string of the molecule is CCc1nc(C)c(C(=O)Nc2c3c(nc4ccccc24)CCOC3)o1. The Balaban J connectivity index is 1.80. The summed E-state index contributed by atoms with van der Waals surface area (Å²) in [5, 5.41) is 3.91. The number of nitrogens with one attached hydrogen (secondary N) is 1. The van der Waals surface area contributed by atoms with Gasteiger partial charge in [-0.2, -0.15) is 0 Å². The van der Waals surface area contributed by atoms with Crippen molar-refractivity contribution in [2.75, 3.05) is 11.9 Å². The predicted octanol–water partition coefficient (Wildman–Crippen LogP) is 3.42. The lowest BCUT2D eigenvalue weighted by Crippen LogP contribution is -2.19. The molecule has 0 spiro atoms. The quantitative estimate of drug-likeness (QED) is 0.792. The van der Waals surface area contributed by atoms with Gasteiger partial charge >= 0.3 is 0 Å².